The molecular weight excluding hydrogens is 420 g/mol. The van der Waals surface area contributed by atoms with Crippen molar-refractivity contribution in [2.45, 2.75) is 51.8 Å². The van der Waals surface area contributed by atoms with Crippen LogP contribution in [0.4, 0.5) is 0 Å². The maximum Gasteiger partial charge on any atom is 0.290 e. The zero-order valence-electron chi connectivity index (χ0n) is 20.5. The van der Waals surface area contributed by atoms with Crippen molar-refractivity contribution in [3.05, 3.63) is 30.1 Å². The number of aryl methyl sites for hydroxylation is 1. The van der Waals surface area contributed by atoms with Gasteiger partial charge >= 0.3 is 0 Å². The summed E-state index contributed by atoms with van der Waals surface area (Å²) in [6.45, 7) is 8.06. The molecule has 1 aliphatic rings. The standard InChI is InChI=1S/C25H40N4O4/c1-18(2)16-29(20-13-19(14-26-15-20)23(30)17-33-4)25(31)24-27-21-9-5-6-10-22(21)28(24)11-7-8-12-32-3/h5-6,9-10,18-20,23,26,30H,7-8,11-17H2,1-4H3/t19?,20-,23-/m0/s1. The number of nitrogens with zero attached hydrogens (tertiary/aromatic N) is 3. The molecule has 0 saturated carbocycles. The zero-order valence-corrected chi connectivity index (χ0v) is 20.5. The van der Waals surface area contributed by atoms with Crippen LogP contribution in [0.5, 0.6) is 0 Å². The summed E-state index contributed by atoms with van der Waals surface area (Å²) in [6, 6.07) is 7.93. The number of carbonyl (C=O) groups excluding carboxylic acids is 1. The van der Waals surface area contributed by atoms with E-state index in [0.29, 0.717) is 38.0 Å². The maximum atomic E-state index is 14.0. The van der Waals surface area contributed by atoms with Gasteiger partial charge in [-0.15, -0.1) is 0 Å². The smallest absolute Gasteiger partial charge is 0.290 e. The summed E-state index contributed by atoms with van der Waals surface area (Å²) < 4.78 is 12.4. The van der Waals surface area contributed by atoms with Crippen molar-refractivity contribution in [1.82, 2.24) is 19.8 Å². The first-order chi connectivity index (χ1) is 16.0. The summed E-state index contributed by atoms with van der Waals surface area (Å²) >= 11 is 0. The van der Waals surface area contributed by atoms with E-state index in [-0.39, 0.29) is 17.9 Å². The van der Waals surface area contributed by atoms with Gasteiger partial charge in [0.2, 0.25) is 0 Å². The van der Waals surface area contributed by atoms with Crippen molar-refractivity contribution in [2.75, 3.05) is 47.1 Å². The lowest BCUT2D eigenvalue weighted by Crippen LogP contribution is -2.54. The van der Waals surface area contributed by atoms with E-state index in [1.807, 2.05) is 29.2 Å². The van der Waals surface area contributed by atoms with Crippen molar-refractivity contribution < 1.29 is 19.4 Å². The zero-order chi connectivity index (χ0) is 23.8. The normalized spacial score (nSPS) is 19.8. The molecule has 0 bridgehead atoms. The van der Waals surface area contributed by atoms with E-state index in [2.05, 4.69) is 23.7 Å². The summed E-state index contributed by atoms with van der Waals surface area (Å²) in [7, 11) is 3.31. The molecule has 2 aromatic rings. The van der Waals surface area contributed by atoms with Crippen molar-refractivity contribution in [2.24, 2.45) is 11.8 Å². The van der Waals surface area contributed by atoms with E-state index in [4.69, 9.17) is 14.5 Å². The predicted octanol–water partition coefficient (Wildman–Crippen LogP) is 2.55. The van der Waals surface area contributed by atoms with Crippen LogP contribution in [0, 0.1) is 11.8 Å². The van der Waals surface area contributed by atoms with Gasteiger partial charge in [-0.2, -0.15) is 0 Å². The molecule has 2 N–H and O–H groups in total. The minimum absolute atomic E-state index is 0.00749. The minimum Gasteiger partial charge on any atom is -0.390 e. The second kappa shape index (κ2) is 12.5. The van der Waals surface area contributed by atoms with Gasteiger partial charge in [-0.1, -0.05) is 26.0 Å². The highest BCUT2D eigenvalue weighted by Crippen LogP contribution is 2.24. The van der Waals surface area contributed by atoms with Crippen LogP contribution in [-0.4, -0.2) is 84.7 Å². The van der Waals surface area contributed by atoms with Gasteiger partial charge < -0.3 is 29.4 Å². The quantitative estimate of drug-likeness (QED) is 0.473. The molecule has 0 radical (unpaired) electrons. The Morgan fingerprint density at radius 3 is 2.76 bits per heavy atom. The first-order valence-electron chi connectivity index (χ1n) is 12.1. The van der Waals surface area contributed by atoms with Gasteiger partial charge in [-0.3, -0.25) is 4.79 Å². The number of amides is 1. The number of para-hydroxylation sites is 2. The van der Waals surface area contributed by atoms with Gasteiger partial charge in [0, 0.05) is 59.0 Å². The minimum atomic E-state index is -0.549. The number of hydrogen-bond acceptors (Lipinski definition) is 6. The Hall–Kier alpha value is -2.00. The number of hydrogen-bond donors (Lipinski definition) is 2. The lowest BCUT2D eigenvalue weighted by atomic mass is 9.89. The lowest BCUT2D eigenvalue weighted by molar-refractivity contribution is 0.00229. The molecule has 184 valence electrons. The van der Waals surface area contributed by atoms with Crippen molar-refractivity contribution in [3.63, 3.8) is 0 Å². The van der Waals surface area contributed by atoms with E-state index in [9.17, 15) is 9.90 Å². The van der Waals surface area contributed by atoms with Crippen molar-refractivity contribution in [1.29, 1.82) is 0 Å². The number of aliphatic hydroxyl groups excluding tert-OH is 1. The number of carbonyl (C=O) groups is 1. The van der Waals surface area contributed by atoms with E-state index >= 15 is 0 Å². The first-order valence-corrected chi connectivity index (χ1v) is 12.1. The average molecular weight is 461 g/mol. The number of unbranched alkanes of at least 4 members (excludes halogenated alkanes) is 1. The van der Waals surface area contributed by atoms with Gasteiger partial charge in [0.15, 0.2) is 5.82 Å². The van der Waals surface area contributed by atoms with Crippen LogP contribution >= 0.6 is 0 Å². The number of piperidine rings is 1. The van der Waals surface area contributed by atoms with Crippen LogP contribution in [0.15, 0.2) is 24.3 Å². The molecule has 1 aliphatic heterocycles. The number of aliphatic hydroxyl groups is 1. The number of imidazole rings is 1. The van der Waals surface area contributed by atoms with Crippen LogP contribution in [0.2, 0.25) is 0 Å². The fraction of sp³-hybridized carbons (Fsp3) is 0.680. The summed E-state index contributed by atoms with van der Waals surface area (Å²) in [5.41, 5.74) is 1.82. The van der Waals surface area contributed by atoms with Gasteiger partial charge in [0.25, 0.3) is 5.91 Å². The lowest BCUT2D eigenvalue weighted by Gasteiger charge is -2.40. The summed E-state index contributed by atoms with van der Waals surface area (Å²) in [6.07, 6.45) is 2.03. The monoisotopic (exact) mass is 460 g/mol. The van der Waals surface area contributed by atoms with E-state index in [1.54, 1.807) is 14.2 Å². The second-order valence-electron chi connectivity index (χ2n) is 9.46. The Morgan fingerprint density at radius 2 is 2.03 bits per heavy atom. The molecule has 0 aliphatic carbocycles. The number of rotatable bonds is 12. The molecule has 1 saturated heterocycles. The van der Waals surface area contributed by atoms with Crippen molar-refractivity contribution in [3.8, 4) is 0 Å². The Kier molecular flexibility index (Phi) is 9.67. The van der Waals surface area contributed by atoms with Gasteiger partial charge in [0.1, 0.15) is 0 Å². The van der Waals surface area contributed by atoms with Crippen LogP contribution in [0.3, 0.4) is 0 Å². The SMILES string of the molecule is COCCCCn1c(C(=O)N(CC(C)C)[C@@H]2CNCC([C@@H](O)COC)C2)nc2ccccc21. The number of nitrogens with one attached hydrogen (secondary N) is 1. The molecule has 1 unspecified atom stereocenters. The number of methoxy groups -OCH3 is 2. The molecule has 33 heavy (non-hydrogen) atoms. The Bertz CT molecular complexity index is 884. The third-order valence-corrected chi connectivity index (χ3v) is 6.33. The molecule has 1 aromatic carbocycles. The average Bonchev–Trinajstić information content (AvgIpc) is 3.18. The highest BCUT2D eigenvalue weighted by Gasteiger charge is 2.35. The highest BCUT2D eigenvalue weighted by molar-refractivity contribution is 5.95. The van der Waals surface area contributed by atoms with Crippen LogP contribution in [0.1, 0.15) is 43.7 Å². The number of fused-ring (bicyclic) bond motifs is 1. The van der Waals surface area contributed by atoms with Crippen LogP contribution < -0.4 is 5.32 Å². The molecule has 3 rings (SSSR count). The molecule has 0 spiro atoms. The Morgan fingerprint density at radius 1 is 1.24 bits per heavy atom. The molecule has 3 atom stereocenters. The topological polar surface area (TPSA) is 88.9 Å². The predicted molar refractivity (Wildman–Crippen MR) is 129 cm³/mol. The first kappa shape index (κ1) is 25.6. The third-order valence-electron chi connectivity index (χ3n) is 6.33. The highest BCUT2D eigenvalue weighted by atomic mass is 16.5. The summed E-state index contributed by atoms with van der Waals surface area (Å²) in [5, 5.41) is 13.9. The maximum absolute atomic E-state index is 14.0. The number of benzene rings is 1. The molecular formula is C25H40N4O4. The third kappa shape index (κ3) is 6.53. The largest absolute Gasteiger partial charge is 0.390 e. The molecule has 1 aromatic heterocycles. The van der Waals surface area contributed by atoms with E-state index < -0.39 is 6.10 Å². The summed E-state index contributed by atoms with van der Waals surface area (Å²) in [5.74, 6) is 0.811. The Labute approximate surface area is 197 Å². The fourth-order valence-electron chi connectivity index (χ4n) is 4.69. The second-order valence-corrected chi connectivity index (χ2v) is 9.46. The van der Waals surface area contributed by atoms with Gasteiger partial charge in [0.05, 0.1) is 23.7 Å². The molecule has 8 nitrogen and oxygen atoms in total. The number of aromatic nitrogens is 2. The van der Waals surface area contributed by atoms with Gasteiger partial charge in [-0.25, -0.2) is 4.98 Å². The van der Waals surface area contributed by atoms with Crippen LogP contribution in [-0.2, 0) is 16.0 Å². The number of ether oxygens (including phenoxy) is 2. The molecule has 2 heterocycles. The van der Waals surface area contributed by atoms with E-state index in [0.717, 1.165) is 43.4 Å². The van der Waals surface area contributed by atoms with Crippen LogP contribution in [0.25, 0.3) is 11.0 Å². The molecule has 1 fully saturated rings. The molecule has 1 amide bonds. The van der Waals surface area contributed by atoms with Gasteiger partial charge in [-0.05, 0) is 37.3 Å². The fourth-order valence-corrected chi connectivity index (χ4v) is 4.69. The summed E-state index contributed by atoms with van der Waals surface area (Å²) in [4.78, 5) is 20.7. The van der Waals surface area contributed by atoms with Crippen molar-refractivity contribution >= 4 is 16.9 Å². The van der Waals surface area contributed by atoms with E-state index in [1.165, 1.54) is 0 Å². The Balaban J connectivity index is 1.88. The molecule has 8 heteroatoms.